The number of nitrogens with zero attached hydrogens (tertiary/aromatic N) is 1. The van der Waals surface area contributed by atoms with Crippen molar-refractivity contribution in [3.63, 3.8) is 0 Å². The topological polar surface area (TPSA) is 58.6 Å². The van der Waals surface area contributed by atoms with E-state index >= 15 is 0 Å². The van der Waals surface area contributed by atoms with E-state index in [-0.39, 0.29) is 11.6 Å². The number of rotatable bonds is 5. The lowest BCUT2D eigenvalue weighted by Gasteiger charge is -2.23. The molecular formula is C19H18F2N2O3S. The van der Waals surface area contributed by atoms with Gasteiger partial charge in [-0.1, -0.05) is 6.07 Å². The molecule has 1 aliphatic rings. The zero-order chi connectivity index (χ0) is 19.4. The number of thioether (sulfide) groups is 1. The Hall–Kier alpha value is -2.61. The number of carbonyl (C=O) groups excluding carboxylic acids is 2. The van der Waals surface area contributed by atoms with Crippen molar-refractivity contribution >= 4 is 29.3 Å². The highest BCUT2D eigenvalue weighted by molar-refractivity contribution is 7.99. The second kappa shape index (κ2) is 8.39. The molecule has 142 valence electrons. The molecule has 2 aromatic rings. The standard InChI is InChI=1S/C19H18F2N2O3S/c1-2-26-13-8-6-12(7-9-13)19(25)23-11-27-10-16(23)18(24)22-15-5-3-4-14(20)17(15)21/h3-9,16H,2,10-11H2,1H3,(H,22,24)/t16-/m0/s1. The number of hydrogen-bond donors (Lipinski definition) is 1. The second-order valence-corrected chi connectivity index (χ2v) is 6.84. The SMILES string of the molecule is CCOc1ccc(C(=O)N2CSC[C@H]2C(=O)Nc2cccc(F)c2F)cc1. The molecule has 0 unspecified atom stereocenters. The highest BCUT2D eigenvalue weighted by Gasteiger charge is 2.35. The quantitative estimate of drug-likeness (QED) is 0.846. The van der Waals surface area contributed by atoms with Crippen LogP contribution in [-0.2, 0) is 4.79 Å². The summed E-state index contributed by atoms with van der Waals surface area (Å²) in [7, 11) is 0. The molecule has 1 atom stereocenters. The molecule has 0 aliphatic carbocycles. The predicted molar refractivity (Wildman–Crippen MR) is 99.9 cm³/mol. The van der Waals surface area contributed by atoms with Crippen LogP contribution in [-0.4, -0.2) is 41.0 Å². The molecule has 5 nitrogen and oxygen atoms in total. The Morgan fingerprint density at radius 1 is 1.22 bits per heavy atom. The van der Waals surface area contributed by atoms with Crippen LogP contribution >= 0.6 is 11.8 Å². The van der Waals surface area contributed by atoms with Gasteiger partial charge in [-0.05, 0) is 43.3 Å². The van der Waals surface area contributed by atoms with Crippen molar-refractivity contribution in [3.8, 4) is 5.75 Å². The minimum absolute atomic E-state index is 0.245. The molecule has 0 bridgehead atoms. The smallest absolute Gasteiger partial charge is 0.255 e. The molecule has 1 fully saturated rings. The first-order valence-electron chi connectivity index (χ1n) is 8.37. The van der Waals surface area contributed by atoms with Gasteiger partial charge < -0.3 is 15.0 Å². The van der Waals surface area contributed by atoms with E-state index in [0.29, 0.717) is 29.5 Å². The normalized spacial score (nSPS) is 16.3. The molecule has 1 N–H and O–H groups in total. The van der Waals surface area contributed by atoms with Gasteiger partial charge in [-0.25, -0.2) is 8.78 Å². The van der Waals surface area contributed by atoms with Crippen LogP contribution in [0.25, 0.3) is 0 Å². The lowest BCUT2D eigenvalue weighted by molar-refractivity contribution is -0.119. The van der Waals surface area contributed by atoms with E-state index in [9.17, 15) is 18.4 Å². The first-order valence-corrected chi connectivity index (χ1v) is 9.53. The largest absolute Gasteiger partial charge is 0.494 e. The third-order valence-corrected chi connectivity index (χ3v) is 5.08. The van der Waals surface area contributed by atoms with Crippen molar-refractivity contribution in [3.05, 3.63) is 59.7 Å². The van der Waals surface area contributed by atoms with Crippen LogP contribution in [0.2, 0.25) is 0 Å². The number of benzene rings is 2. The van der Waals surface area contributed by atoms with Gasteiger partial charge in [0.25, 0.3) is 5.91 Å². The molecule has 8 heteroatoms. The molecule has 0 aromatic heterocycles. The molecule has 0 saturated carbocycles. The summed E-state index contributed by atoms with van der Waals surface area (Å²) in [6.07, 6.45) is 0. The van der Waals surface area contributed by atoms with Crippen LogP contribution in [0.4, 0.5) is 14.5 Å². The Balaban J connectivity index is 1.73. The third-order valence-electron chi connectivity index (χ3n) is 4.07. The summed E-state index contributed by atoms with van der Waals surface area (Å²) in [5.74, 6) is -1.65. The van der Waals surface area contributed by atoms with E-state index in [1.165, 1.54) is 28.8 Å². The molecule has 27 heavy (non-hydrogen) atoms. The van der Waals surface area contributed by atoms with Gasteiger partial charge in [-0.15, -0.1) is 11.8 Å². The fourth-order valence-electron chi connectivity index (χ4n) is 2.70. The number of halogens is 2. The van der Waals surface area contributed by atoms with Crippen LogP contribution in [0.1, 0.15) is 17.3 Å². The summed E-state index contributed by atoms with van der Waals surface area (Å²) >= 11 is 1.42. The highest BCUT2D eigenvalue weighted by atomic mass is 32.2. The Kier molecular flexibility index (Phi) is 5.95. The van der Waals surface area contributed by atoms with Gasteiger partial charge in [0.1, 0.15) is 11.8 Å². The van der Waals surface area contributed by atoms with Crippen LogP contribution in [0, 0.1) is 11.6 Å². The maximum Gasteiger partial charge on any atom is 0.255 e. The summed E-state index contributed by atoms with van der Waals surface area (Å²) < 4.78 is 32.5. The number of carbonyl (C=O) groups is 2. The minimum Gasteiger partial charge on any atom is -0.494 e. The molecule has 3 rings (SSSR count). The lowest BCUT2D eigenvalue weighted by atomic mass is 10.1. The van der Waals surface area contributed by atoms with Crippen molar-refractivity contribution < 1.29 is 23.1 Å². The number of ether oxygens (including phenoxy) is 1. The monoisotopic (exact) mass is 392 g/mol. The maximum absolute atomic E-state index is 13.8. The number of hydrogen-bond acceptors (Lipinski definition) is 4. The van der Waals surface area contributed by atoms with Gasteiger partial charge in [-0.2, -0.15) is 0 Å². The van der Waals surface area contributed by atoms with Gasteiger partial charge in [0.15, 0.2) is 11.6 Å². The Labute approximate surface area is 159 Å². The van der Waals surface area contributed by atoms with E-state index in [1.807, 2.05) is 6.92 Å². The molecule has 1 heterocycles. The first-order chi connectivity index (χ1) is 13.0. The Morgan fingerprint density at radius 2 is 1.96 bits per heavy atom. The summed E-state index contributed by atoms with van der Waals surface area (Å²) in [5, 5.41) is 2.37. The van der Waals surface area contributed by atoms with Gasteiger partial charge in [0.2, 0.25) is 5.91 Å². The van der Waals surface area contributed by atoms with Gasteiger partial charge in [0.05, 0.1) is 18.2 Å². The van der Waals surface area contributed by atoms with Gasteiger partial charge in [-0.3, -0.25) is 9.59 Å². The lowest BCUT2D eigenvalue weighted by Crippen LogP contribution is -2.44. The zero-order valence-electron chi connectivity index (χ0n) is 14.6. The number of amides is 2. The number of nitrogens with one attached hydrogen (secondary N) is 1. The maximum atomic E-state index is 13.8. The summed E-state index contributed by atoms with van der Waals surface area (Å²) in [6.45, 7) is 2.39. The van der Waals surface area contributed by atoms with Crippen molar-refractivity contribution in [1.29, 1.82) is 0 Å². The fourth-order valence-corrected chi connectivity index (χ4v) is 3.86. The van der Waals surface area contributed by atoms with Crippen molar-refractivity contribution in [2.45, 2.75) is 13.0 Å². The zero-order valence-corrected chi connectivity index (χ0v) is 15.4. The van der Waals surface area contributed by atoms with Gasteiger partial charge >= 0.3 is 0 Å². The highest BCUT2D eigenvalue weighted by Crippen LogP contribution is 2.26. The molecule has 1 aliphatic heterocycles. The Morgan fingerprint density at radius 3 is 2.67 bits per heavy atom. The second-order valence-electron chi connectivity index (χ2n) is 5.84. The molecule has 0 spiro atoms. The van der Waals surface area contributed by atoms with Crippen LogP contribution in [0.15, 0.2) is 42.5 Å². The minimum atomic E-state index is -1.12. The van der Waals surface area contributed by atoms with Crippen molar-refractivity contribution in [1.82, 2.24) is 4.90 Å². The van der Waals surface area contributed by atoms with E-state index in [4.69, 9.17) is 4.74 Å². The van der Waals surface area contributed by atoms with E-state index in [1.54, 1.807) is 24.3 Å². The average Bonchev–Trinajstić information content (AvgIpc) is 3.16. The summed E-state index contributed by atoms with van der Waals surface area (Å²) in [5.41, 5.74) is 0.182. The van der Waals surface area contributed by atoms with Crippen LogP contribution in [0.3, 0.4) is 0 Å². The number of anilines is 1. The van der Waals surface area contributed by atoms with Crippen molar-refractivity contribution in [2.75, 3.05) is 23.6 Å². The van der Waals surface area contributed by atoms with Gasteiger partial charge in [0, 0.05) is 11.3 Å². The van der Waals surface area contributed by atoms with Crippen LogP contribution < -0.4 is 10.1 Å². The average molecular weight is 392 g/mol. The Bertz CT molecular complexity index is 845. The summed E-state index contributed by atoms with van der Waals surface area (Å²) in [4.78, 5) is 26.7. The summed E-state index contributed by atoms with van der Waals surface area (Å²) in [6, 6.07) is 9.44. The van der Waals surface area contributed by atoms with E-state index < -0.39 is 23.6 Å². The van der Waals surface area contributed by atoms with E-state index in [2.05, 4.69) is 5.32 Å². The molecule has 2 amide bonds. The molecule has 1 saturated heterocycles. The van der Waals surface area contributed by atoms with E-state index in [0.717, 1.165) is 6.07 Å². The van der Waals surface area contributed by atoms with Crippen molar-refractivity contribution in [2.24, 2.45) is 0 Å². The first kappa shape index (κ1) is 19.2. The molecule has 2 aromatic carbocycles. The fraction of sp³-hybridized carbons (Fsp3) is 0.263. The molecule has 0 radical (unpaired) electrons. The molecular weight excluding hydrogens is 374 g/mol. The predicted octanol–water partition coefficient (Wildman–Crippen LogP) is 3.52. The van der Waals surface area contributed by atoms with Crippen LogP contribution in [0.5, 0.6) is 5.75 Å². The third kappa shape index (κ3) is 4.21.